The van der Waals surface area contributed by atoms with E-state index in [1.165, 1.54) is 4.31 Å². The topological polar surface area (TPSA) is 70.8 Å². The predicted octanol–water partition coefficient (Wildman–Crippen LogP) is 2.69. The van der Waals surface area contributed by atoms with E-state index in [0.29, 0.717) is 30.2 Å². The van der Waals surface area contributed by atoms with Crippen LogP contribution >= 0.6 is 0 Å². The van der Waals surface area contributed by atoms with Gasteiger partial charge in [-0.05, 0) is 25.7 Å². The van der Waals surface area contributed by atoms with Gasteiger partial charge in [-0.2, -0.15) is 4.31 Å². The smallest absolute Gasteiger partial charge is 0.246 e. The largest absolute Gasteiger partial charge is 0.465 e. The summed E-state index contributed by atoms with van der Waals surface area (Å²) in [6.07, 6.45) is 0. The molecule has 1 heterocycles. The van der Waals surface area contributed by atoms with Crippen LogP contribution in [0.4, 0.5) is 0 Å². The fourth-order valence-electron chi connectivity index (χ4n) is 2.44. The minimum absolute atomic E-state index is 0.129. The fraction of sp³-hybridized carbons (Fsp3) is 0.733. The maximum atomic E-state index is 13.0. The number of aryl methyl sites for hydroxylation is 2. The highest BCUT2D eigenvalue weighted by Gasteiger charge is 2.32. The molecule has 21 heavy (non-hydrogen) atoms. The number of hydrogen-bond acceptors (Lipinski definition) is 4. The molecular formula is C15H27NO4S. The van der Waals surface area contributed by atoms with Crippen molar-refractivity contribution in [3.05, 3.63) is 17.1 Å². The summed E-state index contributed by atoms with van der Waals surface area (Å²) in [6, 6.07) is 0. The Balaban J connectivity index is 3.35. The molecule has 0 spiro atoms. The normalized spacial score (nSPS) is 12.9. The molecule has 0 radical (unpaired) electrons. The fourth-order valence-corrected chi connectivity index (χ4v) is 4.62. The Morgan fingerprint density at radius 2 is 1.52 bits per heavy atom. The first kappa shape index (κ1) is 18.2. The molecule has 1 rings (SSSR count). The number of sulfonamides is 1. The van der Waals surface area contributed by atoms with Gasteiger partial charge in [-0.3, -0.25) is 0 Å². The van der Waals surface area contributed by atoms with Gasteiger partial charge in [0, 0.05) is 18.7 Å². The molecule has 0 aromatic carbocycles. The summed E-state index contributed by atoms with van der Waals surface area (Å²) < 4.78 is 32.9. The first-order valence-corrected chi connectivity index (χ1v) is 8.75. The van der Waals surface area contributed by atoms with Crippen LogP contribution in [0.2, 0.25) is 0 Å². The molecule has 0 saturated heterocycles. The van der Waals surface area contributed by atoms with Crippen LogP contribution in [0.3, 0.4) is 0 Å². The highest BCUT2D eigenvalue weighted by atomic mass is 32.2. The molecule has 0 atom stereocenters. The van der Waals surface area contributed by atoms with Gasteiger partial charge < -0.3 is 9.52 Å². The molecule has 1 N–H and O–H groups in total. The van der Waals surface area contributed by atoms with Crippen molar-refractivity contribution in [2.75, 3.05) is 13.1 Å². The summed E-state index contributed by atoms with van der Waals surface area (Å²) >= 11 is 0. The number of aliphatic hydroxyl groups excluding tert-OH is 1. The van der Waals surface area contributed by atoms with Crippen LogP contribution in [0.1, 0.15) is 44.8 Å². The summed E-state index contributed by atoms with van der Waals surface area (Å²) in [4.78, 5) is 0.129. The van der Waals surface area contributed by atoms with Crippen LogP contribution in [-0.4, -0.2) is 30.9 Å². The second-order valence-electron chi connectivity index (χ2n) is 6.29. The molecule has 0 bridgehead atoms. The van der Waals surface area contributed by atoms with Crippen molar-refractivity contribution in [1.82, 2.24) is 4.31 Å². The van der Waals surface area contributed by atoms with Crippen molar-refractivity contribution in [3.8, 4) is 0 Å². The van der Waals surface area contributed by atoms with Crippen molar-refractivity contribution >= 4 is 10.0 Å². The van der Waals surface area contributed by atoms with E-state index in [1.807, 2.05) is 27.7 Å². The van der Waals surface area contributed by atoms with Gasteiger partial charge in [0.2, 0.25) is 10.0 Å². The Morgan fingerprint density at radius 3 is 1.90 bits per heavy atom. The molecular weight excluding hydrogens is 290 g/mol. The van der Waals surface area contributed by atoms with Crippen LogP contribution in [0.15, 0.2) is 9.31 Å². The lowest BCUT2D eigenvalue weighted by atomic mass is 10.2. The highest BCUT2D eigenvalue weighted by molar-refractivity contribution is 7.89. The van der Waals surface area contributed by atoms with E-state index in [4.69, 9.17) is 4.42 Å². The first-order chi connectivity index (χ1) is 9.61. The molecule has 0 saturated carbocycles. The Bertz CT molecular complexity index is 563. The zero-order valence-corrected chi connectivity index (χ0v) is 14.6. The predicted molar refractivity (Wildman–Crippen MR) is 82.5 cm³/mol. The number of furan rings is 1. The average Bonchev–Trinajstić information content (AvgIpc) is 2.61. The van der Waals surface area contributed by atoms with Gasteiger partial charge in [0.25, 0.3) is 0 Å². The highest BCUT2D eigenvalue weighted by Crippen LogP contribution is 2.30. The molecule has 0 aliphatic carbocycles. The molecule has 0 aliphatic rings. The van der Waals surface area contributed by atoms with E-state index in [0.717, 1.165) is 0 Å². The van der Waals surface area contributed by atoms with Gasteiger partial charge in [-0.1, -0.05) is 27.7 Å². The average molecular weight is 317 g/mol. The number of aliphatic hydroxyl groups is 1. The number of hydrogen-bond donors (Lipinski definition) is 1. The molecule has 1 aromatic heterocycles. The maximum Gasteiger partial charge on any atom is 0.246 e. The zero-order chi connectivity index (χ0) is 16.4. The molecule has 6 heteroatoms. The van der Waals surface area contributed by atoms with Gasteiger partial charge in [0.1, 0.15) is 16.4 Å². The van der Waals surface area contributed by atoms with Gasteiger partial charge in [0.05, 0.1) is 6.61 Å². The minimum Gasteiger partial charge on any atom is -0.465 e. The van der Waals surface area contributed by atoms with Crippen LogP contribution in [0.25, 0.3) is 0 Å². The van der Waals surface area contributed by atoms with Crippen molar-refractivity contribution < 1.29 is 17.9 Å². The van der Waals surface area contributed by atoms with Crippen LogP contribution in [0.5, 0.6) is 0 Å². The second-order valence-corrected chi connectivity index (χ2v) is 8.16. The third-order valence-corrected chi connectivity index (χ3v) is 5.25. The van der Waals surface area contributed by atoms with E-state index in [1.54, 1.807) is 13.8 Å². The summed E-state index contributed by atoms with van der Waals surface area (Å²) in [6.45, 7) is 11.8. The van der Waals surface area contributed by atoms with Gasteiger partial charge in [-0.15, -0.1) is 0 Å². The Kier molecular flexibility index (Phi) is 6.01. The van der Waals surface area contributed by atoms with E-state index in [2.05, 4.69) is 0 Å². The number of nitrogens with zero attached hydrogens (tertiary/aromatic N) is 1. The quantitative estimate of drug-likeness (QED) is 0.839. The molecule has 0 amide bonds. The zero-order valence-electron chi connectivity index (χ0n) is 13.8. The molecule has 0 fully saturated rings. The van der Waals surface area contributed by atoms with E-state index in [9.17, 15) is 13.5 Å². The summed E-state index contributed by atoms with van der Waals surface area (Å²) in [5.74, 6) is 1.26. The van der Waals surface area contributed by atoms with Crippen LogP contribution in [0, 0.1) is 25.7 Å². The molecule has 122 valence electrons. The van der Waals surface area contributed by atoms with E-state index in [-0.39, 0.29) is 23.3 Å². The Hall–Kier alpha value is -0.850. The lowest BCUT2D eigenvalue weighted by Gasteiger charge is -2.25. The minimum atomic E-state index is -3.66. The van der Waals surface area contributed by atoms with Crippen LogP contribution in [-0.2, 0) is 16.6 Å². The number of rotatable bonds is 7. The van der Waals surface area contributed by atoms with Crippen LogP contribution < -0.4 is 0 Å². The third kappa shape index (κ3) is 4.08. The van der Waals surface area contributed by atoms with Gasteiger partial charge in [0.15, 0.2) is 0 Å². The molecule has 0 aliphatic heterocycles. The van der Waals surface area contributed by atoms with E-state index < -0.39 is 10.0 Å². The maximum absolute atomic E-state index is 13.0. The first-order valence-electron chi connectivity index (χ1n) is 7.31. The van der Waals surface area contributed by atoms with Gasteiger partial charge in [-0.25, -0.2) is 8.42 Å². The third-order valence-electron chi connectivity index (χ3n) is 3.22. The van der Waals surface area contributed by atoms with Gasteiger partial charge >= 0.3 is 0 Å². The molecule has 0 unspecified atom stereocenters. The summed E-state index contributed by atoms with van der Waals surface area (Å²) in [5, 5.41) is 9.48. The summed E-state index contributed by atoms with van der Waals surface area (Å²) in [5.41, 5.74) is 0.366. The molecule has 5 nitrogen and oxygen atoms in total. The van der Waals surface area contributed by atoms with E-state index >= 15 is 0 Å². The lowest BCUT2D eigenvalue weighted by molar-refractivity contribution is 0.275. The SMILES string of the molecule is Cc1oc(C)c(S(=O)(=O)N(CC(C)C)CC(C)C)c1CO. The van der Waals surface area contributed by atoms with Crippen molar-refractivity contribution in [1.29, 1.82) is 0 Å². The summed E-state index contributed by atoms with van der Waals surface area (Å²) in [7, 11) is -3.66. The monoisotopic (exact) mass is 317 g/mol. The Morgan fingerprint density at radius 1 is 1.05 bits per heavy atom. The van der Waals surface area contributed by atoms with Crippen molar-refractivity contribution in [2.24, 2.45) is 11.8 Å². The standard InChI is InChI=1S/C15H27NO4S/c1-10(2)7-16(8-11(3)4)21(18,19)15-13(6)20-12(5)14(15)9-17/h10-11,17H,7-9H2,1-6H3. The Labute approximate surface area is 128 Å². The second kappa shape index (κ2) is 6.94. The molecule has 1 aromatic rings. The van der Waals surface area contributed by atoms with Crippen molar-refractivity contribution in [2.45, 2.75) is 53.0 Å². The lowest BCUT2D eigenvalue weighted by Crippen LogP contribution is -2.37. The van der Waals surface area contributed by atoms with Crippen molar-refractivity contribution in [3.63, 3.8) is 0 Å².